The van der Waals surface area contributed by atoms with Gasteiger partial charge in [0.25, 0.3) is 0 Å². The SMILES string of the molecule is CCCCCCCCCCCCCCCCCCCCC/C=C/CC/C=C/C(O)C(COC1OC(CO)C(OC2OC(CO)C(O)C(O)C2O)C(O)C1O)NC(=O)CCCCCCCCCCCCCCC. The Balaban J connectivity index is 1.76. The smallest absolute Gasteiger partial charge is 0.220 e. The molecule has 14 nitrogen and oxygen atoms in total. The summed E-state index contributed by atoms with van der Waals surface area (Å²) in [6.07, 6.45) is 35.2. The zero-order valence-corrected chi connectivity index (χ0v) is 45.4. The number of rotatable bonds is 47. The van der Waals surface area contributed by atoms with Crippen LogP contribution in [0, 0.1) is 0 Å². The summed E-state index contributed by atoms with van der Waals surface area (Å²) in [5, 5.41) is 87.0. The first-order chi connectivity index (χ1) is 35.1. The van der Waals surface area contributed by atoms with Crippen LogP contribution < -0.4 is 5.32 Å². The first-order valence-electron chi connectivity index (χ1n) is 29.6. The molecule has 2 saturated heterocycles. The molecule has 12 atom stereocenters. The van der Waals surface area contributed by atoms with Crippen molar-refractivity contribution in [3.05, 3.63) is 24.3 Å². The second kappa shape index (κ2) is 44.6. The summed E-state index contributed by atoms with van der Waals surface area (Å²) in [6.45, 7) is 2.79. The highest BCUT2D eigenvalue weighted by molar-refractivity contribution is 5.76. The van der Waals surface area contributed by atoms with Crippen LogP contribution in [0.3, 0.4) is 0 Å². The van der Waals surface area contributed by atoms with Gasteiger partial charge in [0.05, 0.1) is 32.0 Å². The molecule has 0 saturated carbocycles. The van der Waals surface area contributed by atoms with Crippen molar-refractivity contribution >= 4 is 5.91 Å². The number of aliphatic hydroxyl groups excluding tert-OH is 8. The minimum absolute atomic E-state index is 0.247. The highest BCUT2D eigenvalue weighted by Crippen LogP contribution is 2.30. The number of carbonyl (C=O) groups excluding carboxylic acids is 1. The molecule has 2 rings (SSSR count). The minimum Gasteiger partial charge on any atom is -0.394 e. The van der Waals surface area contributed by atoms with Gasteiger partial charge in [-0.2, -0.15) is 0 Å². The fourth-order valence-electron chi connectivity index (χ4n) is 9.84. The molecule has 0 aliphatic carbocycles. The lowest BCUT2D eigenvalue weighted by molar-refractivity contribution is -0.359. The first-order valence-corrected chi connectivity index (χ1v) is 29.6. The number of ether oxygens (including phenoxy) is 4. The van der Waals surface area contributed by atoms with Gasteiger partial charge >= 0.3 is 0 Å². The minimum atomic E-state index is -1.79. The normalized spacial score (nSPS) is 25.7. The van der Waals surface area contributed by atoms with Gasteiger partial charge in [0.15, 0.2) is 12.6 Å². The quantitative estimate of drug-likeness (QED) is 0.0205. The van der Waals surface area contributed by atoms with Crippen molar-refractivity contribution in [1.82, 2.24) is 5.32 Å². The van der Waals surface area contributed by atoms with Crippen LogP contribution in [0.4, 0.5) is 0 Å². The van der Waals surface area contributed by atoms with E-state index in [1.807, 2.05) is 6.08 Å². The largest absolute Gasteiger partial charge is 0.394 e. The Morgan fingerprint density at radius 1 is 0.486 bits per heavy atom. The second-order valence-electron chi connectivity index (χ2n) is 21.1. The molecule has 424 valence electrons. The maximum atomic E-state index is 13.2. The molecule has 2 aliphatic rings. The number of allylic oxidation sites excluding steroid dienone is 3. The number of unbranched alkanes of at least 4 members (excludes halogenated alkanes) is 32. The summed E-state index contributed by atoms with van der Waals surface area (Å²) in [6, 6.07) is -0.927. The Morgan fingerprint density at radius 2 is 0.889 bits per heavy atom. The lowest BCUT2D eigenvalue weighted by Gasteiger charge is -2.46. The third-order valence-electron chi connectivity index (χ3n) is 14.6. The number of amides is 1. The van der Waals surface area contributed by atoms with Gasteiger partial charge in [0, 0.05) is 6.42 Å². The third-order valence-corrected chi connectivity index (χ3v) is 14.6. The van der Waals surface area contributed by atoms with Crippen molar-refractivity contribution in [2.45, 2.75) is 319 Å². The average Bonchev–Trinajstić information content (AvgIpc) is 3.38. The van der Waals surface area contributed by atoms with E-state index in [2.05, 4.69) is 31.3 Å². The van der Waals surface area contributed by atoms with Crippen LogP contribution in [0.1, 0.15) is 245 Å². The summed E-state index contributed by atoms with van der Waals surface area (Å²) in [5.41, 5.74) is 0. The predicted molar refractivity (Wildman–Crippen MR) is 286 cm³/mol. The second-order valence-corrected chi connectivity index (χ2v) is 21.1. The first kappa shape index (κ1) is 66.6. The van der Waals surface area contributed by atoms with Crippen LogP contribution in [0.15, 0.2) is 24.3 Å². The lowest BCUT2D eigenvalue weighted by Crippen LogP contribution is -2.65. The molecule has 9 N–H and O–H groups in total. The predicted octanol–water partition coefficient (Wildman–Crippen LogP) is 9.67. The van der Waals surface area contributed by atoms with E-state index in [9.17, 15) is 45.6 Å². The molecule has 0 aromatic carbocycles. The Bertz CT molecular complexity index is 1300. The van der Waals surface area contributed by atoms with Gasteiger partial charge < -0.3 is 65.1 Å². The van der Waals surface area contributed by atoms with E-state index in [4.69, 9.17) is 18.9 Å². The molecule has 1 amide bonds. The highest BCUT2D eigenvalue weighted by atomic mass is 16.7. The van der Waals surface area contributed by atoms with Crippen LogP contribution >= 0.6 is 0 Å². The van der Waals surface area contributed by atoms with E-state index >= 15 is 0 Å². The summed E-state index contributed by atoms with van der Waals surface area (Å²) in [5.74, 6) is -0.247. The molecule has 12 unspecified atom stereocenters. The molecule has 14 heteroatoms. The van der Waals surface area contributed by atoms with Gasteiger partial charge in [-0.05, 0) is 32.1 Å². The Labute approximate surface area is 437 Å². The maximum absolute atomic E-state index is 13.2. The van der Waals surface area contributed by atoms with E-state index < -0.39 is 86.8 Å². The van der Waals surface area contributed by atoms with Gasteiger partial charge in [0.2, 0.25) is 5.91 Å². The van der Waals surface area contributed by atoms with Gasteiger partial charge in [-0.15, -0.1) is 0 Å². The Kier molecular flexibility index (Phi) is 41.2. The molecule has 2 aliphatic heterocycles. The summed E-state index contributed by atoms with van der Waals surface area (Å²) in [4.78, 5) is 13.2. The van der Waals surface area contributed by atoms with Gasteiger partial charge in [0.1, 0.15) is 48.8 Å². The standard InChI is InChI=1S/C58H109NO13/c1-3-5-7-9-11-13-15-17-18-19-20-21-22-23-24-25-26-27-28-30-31-33-35-37-39-41-47(62)46(59-50(63)42-40-38-36-34-32-29-16-14-12-10-8-6-4-2)45-69-57-55(68)53(66)56(49(44-61)71-57)72-58-54(67)52(65)51(64)48(43-60)70-58/h31,33,39,41,46-49,51-58,60-62,64-68H,3-30,32,34-38,40,42-45H2,1-2H3,(H,59,63)/b33-31+,41-39+. The number of hydrogen-bond donors (Lipinski definition) is 9. The molecule has 0 radical (unpaired) electrons. The van der Waals surface area contributed by atoms with Crippen molar-refractivity contribution in [2.24, 2.45) is 0 Å². The molecule has 2 fully saturated rings. The van der Waals surface area contributed by atoms with Crippen molar-refractivity contribution in [2.75, 3.05) is 19.8 Å². The highest BCUT2D eigenvalue weighted by Gasteiger charge is 2.51. The fraction of sp³-hybridized carbons (Fsp3) is 0.914. The molecular weight excluding hydrogens is 919 g/mol. The number of nitrogens with one attached hydrogen (secondary N) is 1. The van der Waals surface area contributed by atoms with Crippen molar-refractivity contribution in [1.29, 1.82) is 0 Å². The maximum Gasteiger partial charge on any atom is 0.220 e. The fourth-order valence-corrected chi connectivity index (χ4v) is 9.84. The molecule has 0 spiro atoms. The van der Waals surface area contributed by atoms with E-state index in [1.165, 1.54) is 180 Å². The Hall–Kier alpha value is -1.53. The van der Waals surface area contributed by atoms with Crippen LogP contribution in [-0.4, -0.2) is 140 Å². The van der Waals surface area contributed by atoms with Crippen molar-refractivity contribution in [3.63, 3.8) is 0 Å². The summed E-state index contributed by atoms with van der Waals surface area (Å²) in [7, 11) is 0. The van der Waals surface area contributed by atoms with Gasteiger partial charge in [-0.3, -0.25) is 4.79 Å². The molecule has 72 heavy (non-hydrogen) atoms. The van der Waals surface area contributed by atoms with Crippen LogP contribution in [0.25, 0.3) is 0 Å². The number of aliphatic hydroxyl groups is 8. The van der Waals surface area contributed by atoms with Crippen LogP contribution in [0.2, 0.25) is 0 Å². The van der Waals surface area contributed by atoms with Crippen LogP contribution in [0.5, 0.6) is 0 Å². The topological polar surface area (TPSA) is 228 Å². The van der Waals surface area contributed by atoms with Crippen molar-refractivity contribution in [3.8, 4) is 0 Å². The van der Waals surface area contributed by atoms with Gasteiger partial charge in [-0.25, -0.2) is 0 Å². The molecule has 0 aromatic rings. The van der Waals surface area contributed by atoms with E-state index in [0.717, 1.165) is 32.1 Å². The molecule has 0 aromatic heterocycles. The van der Waals surface area contributed by atoms with E-state index in [0.29, 0.717) is 12.8 Å². The lowest BCUT2D eigenvalue weighted by atomic mass is 9.97. The van der Waals surface area contributed by atoms with Crippen LogP contribution in [-0.2, 0) is 23.7 Å². The average molecular weight is 1030 g/mol. The zero-order chi connectivity index (χ0) is 52.4. The van der Waals surface area contributed by atoms with Crippen molar-refractivity contribution < 1.29 is 64.6 Å². The summed E-state index contributed by atoms with van der Waals surface area (Å²) < 4.78 is 22.7. The van der Waals surface area contributed by atoms with E-state index in [1.54, 1.807) is 6.08 Å². The van der Waals surface area contributed by atoms with E-state index in [-0.39, 0.29) is 18.9 Å². The zero-order valence-electron chi connectivity index (χ0n) is 45.4. The summed E-state index contributed by atoms with van der Waals surface area (Å²) >= 11 is 0. The van der Waals surface area contributed by atoms with Gasteiger partial charge in [-0.1, -0.05) is 231 Å². The molecule has 0 bridgehead atoms. The number of carbonyl (C=O) groups is 1. The Morgan fingerprint density at radius 3 is 1.36 bits per heavy atom. The molecular formula is C58H109NO13. The number of hydrogen-bond acceptors (Lipinski definition) is 13. The molecule has 2 heterocycles. The third kappa shape index (κ3) is 30.3. The monoisotopic (exact) mass is 1030 g/mol.